The van der Waals surface area contributed by atoms with Gasteiger partial charge in [-0.15, -0.1) is 11.3 Å². The molecule has 0 spiro atoms. The number of carbonyl (C=O) groups is 1. The summed E-state index contributed by atoms with van der Waals surface area (Å²) in [5, 5.41) is 4.47. The fourth-order valence-electron chi connectivity index (χ4n) is 0.879. The molecule has 0 saturated carbocycles. The van der Waals surface area contributed by atoms with Gasteiger partial charge in [0.1, 0.15) is 5.00 Å². The normalized spacial score (nSPS) is 10.2. The maximum atomic E-state index is 10.1. The van der Waals surface area contributed by atoms with Crippen molar-refractivity contribution in [1.29, 1.82) is 0 Å². The molecule has 3 nitrogen and oxygen atoms in total. The number of nitrogens with zero attached hydrogens (tertiary/aromatic N) is 1. The third kappa shape index (κ3) is 2.62. The van der Waals surface area contributed by atoms with Gasteiger partial charge in [0, 0.05) is 6.42 Å². The molecular weight excluding hydrogens is 172 g/mol. The zero-order chi connectivity index (χ0) is 8.97. The van der Waals surface area contributed by atoms with E-state index in [1.54, 1.807) is 6.20 Å². The molecule has 0 aromatic carbocycles. The Hall–Kier alpha value is -0.900. The Morgan fingerprint density at radius 3 is 3.08 bits per heavy atom. The molecule has 1 amide bonds. The van der Waals surface area contributed by atoms with Crippen LogP contribution >= 0.6 is 11.3 Å². The van der Waals surface area contributed by atoms with Crippen molar-refractivity contribution in [3.8, 4) is 0 Å². The van der Waals surface area contributed by atoms with E-state index >= 15 is 0 Å². The van der Waals surface area contributed by atoms with E-state index in [-0.39, 0.29) is 0 Å². The Kier molecular flexibility index (Phi) is 3.22. The van der Waals surface area contributed by atoms with Crippen LogP contribution in [0.3, 0.4) is 0 Å². The van der Waals surface area contributed by atoms with Crippen LogP contribution in [0, 0.1) is 5.92 Å². The molecule has 0 radical (unpaired) electrons. The lowest BCUT2D eigenvalue weighted by Gasteiger charge is -1.97. The van der Waals surface area contributed by atoms with Crippen molar-refractivity contribution in [1.82, 2.24) is 4.98 Å². The third-order valence-electron chi connectivity index (χ3n) is 1.34. The molecule has 4 heteroatoms. The fraction of sp³-hybridized carbons (Fsp3) is 0.500. The van der Waals surface area contributed by atoms with Gasteiger partial charge in [-0.1, -0.05) is 13.8 Å². The fourth-order valence-corrected chi connectivity index (χ4v) is 1.87. The predicted molar refractivity (Wildman–Crippen MR) is 50.3 cm³/mol. The van der Waals surface area contributed by atoms with E-state index in [1.165, 1.54) is 11.3 Å². The molecule has 66 valence electrons. The van der Waals surface area contributed by atoms with E-state index in [9.17, 15) is 4.79 Å². The summed E-state index contributed by atoms with van der Waals surface area (Å²) >= 11 is 1.53. The lowest BCUT2D eigenvalue weighted by atomic mass is 10.1. The SMILES string of the molecule is CC(C)Cc1ncc(NC=O)s1. The van der Waals surface area contributed by atoms with Crippen LogP contribution < -0.4 is 5.32 Å². The van der Waals surface area contributed by atoms with Crippen LogP contribution in [0.2, 0.25) is 0 Å². The molecule has 0 unspecified atom stereocenters. The van der Waals surface area contributed by atoms with Gasteiger partial charge in [-0.3, -0.25) is 4.79 Å². The van der Waals surface area contributed by atoms with E-state index in [2.05, 4.69) is 24.1 Å². The van der Waals surface area contributed by atoms with Gasteiger partial charge in [0.05, 0.1) is 11.2 Å². The Balaban J connectivity index is 2.57. The first-order valence-electron chi connectivity index (χ1n) is 3.87. The topological polar surface area (TPSA) is 42.0 Å². The van der Waals surface area contributed by atoms with E-state index in [4.69, 9.17) is 0 Å². The average molecular weight is 184 g/mol. The molecule has 0 atom stereocenters. The zero-order valence-corrected chi connectivity index (χ0v) is 8.02. The molecule has 0 aliphatic carbocycles. The summed E-state index contributed by atoms with van der Waals surface area (Å²) in [6.45, 7) is 4.29. The maximum Gasteiger partial charge on any atom is 0.212 e. The summed E-state index contributed by atoms with van der Waals surface area (Å²) in [6, 6.07) is 0. The lowest BCUT2D eigenvalue weighted by molar-refractivity contribution is -0.105. The molecule has 1 aromatic rings. The van der Waals surface area contributed by atoms with Crippen molar-refractivity contribution in [2.75, 3.05) is 5.32 Å². The molecule has 0 aliphatic heterocycles. The molecule has 0 fully saturated rings. The standard InChI is InChI=1S/C8H12N2OS/c1-6(2)3-7-9-4-8(12-7)10-5-11/h4-6H,3H2,1-2H3,(H,10,11). The Morgan fingerprint density at radius 1 is 1.75 bits per heavy atom. The van der Waals surface area contributed by atoms with E-state index < -0.39 is 0 Å². The number of carbonyl (C=O) groups excluding carboxylic acids is 1. The summed E-state index contributed by atoms with van der Waals surface area (Å²) in [5.41, 5.74) is 0. The van der Waals surface area contributed by atoms with Crippen molar-refractivity contribution >= 4 is 22.7 Å². The molecule has 0 aliphatic rings. The highest BCUT2D eigenvalue weighted by atomic mass is 32.1. The Labute approximate surface area is 75.8 Å². The number of rotatable bonds is 4. The minimum atomic E-state index is 0.611. The molecule has 12 heavy (non-hydrogen) atoms. The number of anilines is 1. The van der Waals surface area contributed by atoms with Gasteiger partial charge in [-0.05, 0) is 5.92 Å². The number of hydrogen-bond acceptors (Lipinski definition) is 3. The predicted octanol–water partition coefficient (Wildman–Crippen LogP) is 1.91. The van der Waals surface area contributed by atoms with E-state index in [1.807, 2.05) is 0 Å². The molecule has 0 bridgehead atoms. The zero-order valence-electron chi connectivity index (χ0n) is 7.20. The first-order chi connectivity index (χ1) is 5.72. The lowest BCUT2D eigenvalue weighted by Crippen LogP contribution is -1.91. The largest absolute Gasteiger partial charge is 0.319 e. The average Bonchev–Trinajstić information content (AvgIpc) is 2.36. The summed E-state index contributed by atoms with van der Waals surface area (Å²) in [4.78, 5) is 14.2. The minimum Gasteiger partial charge on any atom is -0.319 e. The second kappa shape index (κ2) is 4.21. The van der Waals surface area contributed by atoms with E-state index in [0.717, 1.165) is 16.4 Å². The molecule has 1 heterocycles. The number of amides is 1. The van der Waals surface area contributed by atoms with Gasteiger partial charge in [0.25, 0.3) is 0 Å². The van der Waals surface area contributed by atoms with Crippen molar-refractivity contribution in [2.45, 2.75) is 20.3 Å². The van der Waals surface area contributed by atoms with Crippen LogP contribution in [-0.4, -0.2) is 11.4 Å². The van der Waals surface area contributed by atoms with Gasteiger partial charge >= 0.3 is 0 Å². The van der Waals surface area contributed by atoms with E-state index in [0.29, 0.717) is 12.3 Å². The van der Waals surface area contributed by atoms with Crippen LogP contribution in [0.1, 0.15) is 18.9 Å². The van der Waals surface area contributed by atoms with Gasteiger partial charge in [0.2, 0.25) is 6.41 Å². The minimum absolute atomic E-state index is 0.611. The van der Waals surface area contributed by atoms with Crippen LogP contribution in [-0.2, 0) is 11.2 Å². The van der Waals surface area contributed by atoms with Crippen LogP contribution in [0.4, 0.5) is 5.00 Å². The Morgan fingerprint density at radius 2 is 2.50 bits per heavy atom. The monoisotopic (exact) mass is 184 g/mol. The van der Waals surface area contributed by atoms with Crippen molar-refractivity contribution in [2.24, 2.45) is 5.92 Å². The number of hydrogen-bond donors (Lipinski definition) is 1. The number of thiazole rings is 1. The highest BCUT2D eigenvalue weighted by Crippen LogP contribution is 2.20. The van der Waals surface area contributed by atoms with Crippen LogP contribution in [0.15, 0.2) is 6.20 Å². The Bertz CT molecular complexity index is 257. The van der Waals surface area contributed by atoms with Gasteiger partial charge in [-0.25, -0.2) is 4.98 Å². The van der Waals surface area contributed by atoms with Gasteiger partial charge in [0.15, 0.2) is 0 Å². The molecule has 0 saturated heterocycles. The molecular formula is C8H12N2OS. The second-order valence-corrected chi connectivity index (χ2v) is 4.09. The maximum absolute atomic E-state index is 10.1. The van der Waals surface area contributed by atoms with Crippen molar-refractivity contribution in [3.05, 3.63) is 11.2 Å². The summed E-state index contributed by atoms with van der Waals surface area (Å²) < 4.78 is 0. The van der Waals surface area contributed by atoms with Gasteiger partial charge < -0.3 is 5.32 Å². The second-order valence-electron chi connectivity index (χ2n) is 2.98. The summed E-state index contributed by atoms with van der Waals surface area (Å²) in [6.07, 6.45) is 3.34. The van der Waals surface area contributed by atoms with Crippen molar-refractivity contribution < 1.29 is 4.79 Å². The quantitative estimate of drug-likeness (QED) is 0.726. The molecule has 1 rings (SSSR count). The van der Waals surface area contributed by atoms with Crippen molar-refractivity contribution in [3.63, 3.8) is 0 Å². The van der Waals surface area contributed by atoms with Crippen LogP contribution in [0.5, 0.6) is 0 Å². The molecule has 1 aromatic heterocycles. The first kappa shape index (κ1) is 9.19. The smallest absolute Gasteiger partial charge is 0.212 e. The molecule has 1 N–H and O–H groups in total. The highest BCUT2D eigenvalue weighted by molar-refractivity contribution is 7.15. The first-order valence-corrected chi connectivity index (χ1v) is 4.69. The summed E-state index contributed by atoms with van der Waals surface area (Å²) in [7, 11) is 0. The number of nitrogens with one attached hydrogen (secondary N) is 1. The van der Waals surface area contributed by atoms with Crippen LogP contribution in [0.25, 0.3) is 0 Å². The van der Waals surface area contributed by atoms with Gasteiger partial charge in [-0.2, -0.15) is 0 Å². The highest BCUT2D eigenvalue weighted by Gasteiger charge is 2.02. The summed E-state index contributed by atoms with van der Waals surface area (Å²) in [5.74, 6) is 0.611. The number of aromatic nitrogens is 1. The third-order valence-corrected chi connectivity index (χ3v) is 2.29.